The predicted molar refractivity (Wildman–Crippen MR) is 187 cm³/mol. The Morgan fingerprint density at radius 2 is 1.37 bits per heavy atom. The lowest BCUT2D eigenvalue weighted by atomic mass is 10.0. The van der Waals surface area contributed by atoms with E-state index in [0.717, 1.165) is 16.7 Å². The van der Waals surface area contributed by atoms with Crippen LogP contribution in [0, 0.1) is 0 Å². The average Bonchev–Trinajstić information content (AvgIpc) is 3.13. The molecule has 11 nitrogen and oxygen atoms in total. The van der Waals surface area contributed by atoms with E-state index in [0.29, 0.717) is 81.3 Å². The van der Waals surface area contributed by atoms with Crippen LogP contribution < -0.4 is 34.3 Å². The Kier molecular flexibility index (Phi) is 11.9. The van der Waals surface area contributed by atoms with Gasteiger partial charge in [0.1, 0.15) is 17.7 Å². The minimum Gasteiger partial charge on any atom is -0.496 e. The summed E-state index contributed by atoms with van der Waals surface area (Å²) in [4.78, 5) is 12.7. The maximum absolute atomic E-state index is 12.7. The molecular formula is C37H39ClN2O9. The first-order valence-corrected chi connectivity index (χ1v) is 15.9. The third-order valence-electron chi connectivity index (χ3n) is 8.01. The Balaban J connectivity index is 1.20. The van der Waals surface area contributed by atoms with Crippen LogP contribution in [0.4, 0.5) is 5.69 Å². The minimum atomic E-state index is -0.484. The Labute approximate surface area is 289 Å². The molecular weight excluding hydrogens is 652 g/mol. The lowest BCUT2D eigenvalue weighted by Gasteiger charge is -2.28. The van der Waals surface area contributed by atoms with Crippen LogP contribution in [0.1, 0.15) is 56.3 Å². The first-order chi connectivity index (χ1) is 23.8. The van der Waals surface area contributed by atoms with Crippen molar-refractivity contribution in [3.63, 3.8) is 0 Å². The van der Waals surface area contributed by atoms with Gasteiger partial charge in [0.2, 0.25) is 5.75 Å². The van der Waals surface area contributed by atoms with E-state index in [1.165, 1.54) is 7.11 Å². The highest BCUT2D eigenvalue weighted by atomic mass is 35.5. The Bertz CT molecular complexity index is 1780. The lowest BCUT2D eigenvalue weighted by Crippen LogP contribution is -2.38. The van der Waals surface area contributed by atoms with Crippen molar-refractivity contribution < 1.29 is 43.8 Å². The third kappa shape index (κ3) is 8.21. The van der Waals surface area contributed by atoms with Crippen LogP contribution in [0.5, 0.6) is 28.7 Å². The highest BCUT2D eigenvalue weighted by molar-refractivity contribution is 6.31. The van der Waals surface area contributed by atoms with Crippen molar-refractivity contribution in [1.29, 1.82) is 0 Å². The second-order valence-electron chi connectivity index (χ2n) is 11.1. The Hall–Kier alpha value is -4.94. The van der Waals surface area contributed by atoms with Gasteiger partial charge in [-0.25, -0.2) is 0 Å². The van der Waals surface area contributed by atoms with Gasteiger partial charge in [-0.05, 0) is 76.9 Å². The maximum Gasteiger partial charge on any atom is 0.255 e. The van der Waals surface area contributed by atoms with Gasteiger partial charge in [-0.3, -0.25) is 4.79 Å². The van der Waals surface area contributed by atoms with Crippen molar-refractivity contribution in [2.75, 3.05) is 39.9 Å². The quantitative estimate of drug-likeness (QED) is 0.0776. The number of fused-ring (bicyclic) bond motifs is 1. The summed E-state index contributed by atoms with van der Waals surface area (Å²) in [6.07, 6.45) is 3.77. The van der Waals surface area contributed by atoms with Crippen molar-refractivity contribution >= 4 is 35.3 Å². The third-order valence-corrected chi connectivity index (χ3v) is 8.24. The fourth-order valence-electron chi connectivity index (χ4n) is 5.51. The number of halogens is 1. The minimum absolute atomic E-state index is 0.229. The first kappa shape index (κ1) is 35.4. The van der Waals surface area contributed by atoms with E-state index in [9.17, 15) is 20.1 Å². The van der Waals surface area contributed by atoms with Crippen molar-refractivity contribution in [3.8, 4) is 28.7 Å². The smallest absolute Gasteiger partial charge is 0.255 e. The van der Waals surface area contributed by atoms with Gasteiger partial charge in [-0.1, -0.05) is 29.8 Å². The fourth-order valence-corrected chi connectivity index (χ4v) is 5.68. The second kappa shape index (κ2) is 16.4. The zero-order valence-corrected chi connectivity index (χ0v) is 28.2. The van der Waals surface area contributed by atoms with Crippen LogP contribution in [-0.4, -0.2) is 55.8 Å². The number of benzene rings is 4. The van der Waals surface area contributed by atoms with Gasteiger partial charge in [0, 0.05) is 28.3 Å². The zero-order chi connectivity index (χ0) is 34.9. The predicted octanol–water partition coefficient (Wildman–Crippen LogP) is 5.72. The standard InChI is InChI=1S/C37H39ClN2O9/c1-45-32-14-22(13-25(19-41)29(32)21-43)5-6-23-15-33(46-2)35(34(16-23)47-3)49-12-4-11-48-31-10-7-24(17-26(31)20-42)36-39-30-9-8-27(38)18-28(30)37(44)40-36/h5-10,13-18,36,39,41-43H,4,11-12,19-21H2,1-3H3,(H,40,44)/b6-5-. The molecule has 4 aromatic carbocycles. The molecule has 5 N–H and O–H groups in total. The number of anilines is 1. The van der Waals surface area contributed by atoms with Crippen molar-refractivity contribution in [3.05, 3.63) is 105 Å². The molecule has 0 saturated carbocycles. The highest BCUT2D eigenvalue weighted by Crippen LogP contribution is 2.39. The molecule has 1 atom stereocenters. The Morgan fingerprint density at radius 3 is 2.02 bits per heavy atom. The molecule has 49 heavy (non-hydrogen) atoms. The summed E-state index contributed by atoms with van der Waals surface area (Å²) in [5, 5.41) is 36.2. The van der Waals surface area contributed by atoms with E-state index in [4.69, 9.17) is 35.3 Å². The van der Waals surface area contributed by atoms with Gasteiger partial charge in [-0.15, -0.1) is 0 Å². The molecule has 1 heterocycles. The summed E-state index contributed by atoms with van der Waals surface area (Å²) < 4.78 is 28.7. The number of carbonyl (C=O) groups excluding carboxylic acids is 1. The van der Waals surface area contributed by atoms with Gasteiger partial charge in [-0.2, -0.15) is 0 Å². The van der Waals surface area contributed by atoms with E-state index in [1.54, 1.807) is 56.7 Å². The monoisotopic (exact) mass is 690 g/mol. The summed E-state index contributed by atoms with van der Waals surface area (Å²) in [5.41, 5.74) is 5.19. The molecule has 1 unspecified atom stereocenters. The number of amides is 1. The van der Waals surface area contributed by atoms with Crippen LogP contribution in [-0.2, 0) is 19.8 Å². The van der Waals surface area contributed by atoms with Gasteiger partial charge in [0.05, 0.1) is 59.9 Å². The number of methoxy groups -OCH3 is 3. The van der Waals surface area contributed by atoms with Crippen LogP contribution in [0.2, 0.25) is 5.02 Å². The molecule has 0 aromatic heterocycles. The van der Waals surface area contributed by atoms with E-state index >= 15 is 0 Å². The Morgan fingerprint density at radius 1 is 0.714 bits per heavy atom. The summed E-state index contributed by atoms with van der Waals surface area (Å²) in [7, 11) is 4.61. The number of nitrogens with one attached hydrogen (secondary N) is 2. The molecule has 4 aromatic rings. The number of ether oxygens (including phenoxy) is 5. The van der Waals surface area contributed by atoms with Crippen LogP contribution in [0.3, 0.4) is 0 Å². The van der Waals surface area contributed by atoms with E-state index in [2.05, 4.69) is 10.6 Å². The van der Waals surface area contributed by atoms with E-state index < -0.39 is 6.17 Å². The van der Waals surface area contributed by atoms with E-state index in [1.807, 2.05) is 30.4 Å². The first-order valence-electron chi connectivity index (χ1n) is 15.5. The van der Waals surface area contributed by atoms with Crippen LogP contribution >= 0.6 is 11.6 Å². The number of aliphatic hydroxyl groups excluding tert-OH is 3. The maximum atomic E-state index is 12.7. The molecule has 0 fully saturated rings. The summed E-state index contributed by atoms with van der Waals surface area (Å²) in [6.45, 7) is -0.0937. The fraction of sp³-hybridized carbons (Fsp3) is 0.270. The van der Waals surface area contributed by atoms with E-state index in [-0.39, 0.29) is 25.7 Å². The lowest BCUT2D eigenvalue weighted by molar-refractivity contribution is 0.0935. The average molecular weight is 691 g/mol. The molecule has 0 radical (unpaired) electrons. The molecule has 0 spiro atoms. The van der Waals surface area contributed by atoms with Crippen molar-refractivity contribution in [2.45, 2.75) is 32.4 Å². The normalized spacial score (nSPS) is 13.8. The molecule has 0 saturated heterocycles. The molecule has 5 rings (SSSR count). The second-order valence-corrected chi connectivity index (χ2v) is 11.5. The molecule has 1 aliphatic heterocycles. The molecule has 1 amide bonds. The van der Waals surface area contributed by atoms with Gasteiger partial charge < -0.3 is 49.6 Å². The number of rotatable bonds is 15. The SMILES string of the molecule is COc1cc(/C=C\c2cc(OC)c(OCCCOc3ccc(C4NC(=O)c5cc(Cl)ccc5N4)cc3CO)c(OC)c2)cc(CO)c1CO. The van der Waals surface area contributed by atoms with Gasteiger partial charge in [0.15, 0.2) is 11.5 Å². The topological polar surface area (TPSA) is 148 Å². The number of aliphatic hydroxyl groups is 3. The van der Waals surface area contributed by atoms with Gasteiger partial charge >= 0.3 is 0 Å². The molecule has 12 heteroatoms. The molecule has 0 aliphatic carbocycles. The largest absolute Gasteiger partial charge is 0.496 e. The highest BCUT2D eigenvalue weighted by Gasteiger charge is 2.25. The van der Waals surface area contributed by atoms with Crippen LogP contribution in [0.25, 0.3) is 12.2 Å². The molecule has 0 bridgehead atoms. The number of carbonyl (C=O) groups is 1. The molecule has 258 valence electrons. The summed E-state index contributed by atoms with van der Waals surface area (Å²) >= 11 is 6.04. The zero-order valence-electron chi connectivity index (χ0n) is 27.4. The summed E-state index contributed by atoms with van der Waals surface area (Å²) in [6, 6.07) is 17.7. The van der Waals surface area contributed by atoms with Crippen molar-refractivity contribution in [1.82, 2.24) is 5.32 Å². The molecule has 1 aliphatic rings. The number of hydrogen-bond donors (Lipinski definition) is 5. The van der Waals surface area contributed by atoms with Crippen LogP contribution in [0.15, 0.2) is 60.7 Å². The van der Waals surface area contributed by atoms with Gasteiger partial charge in [0.25, 0.3) is 5.91 Å². The summed E-state index contributed by atoms with van der Waals surface area (Å²) in [5.74, 6) is 2.19. The number of hydrogen-bond acceptors (Lipinski definition) is 10. The van der Waals surface area contributed by atoms with Crippen molar-refractivity contribution in [2.24, 2.45) is 0 Å².